The van der Waals surface area contributed by atoms with E-state index in [0.717, 1.165) is 4.90 Å². The number of ether oxygens (including phenoxy) is 3. The molecule has 6 nitrogen and oxygen atoms in total. The van der Waals surface area contributed by atoms with Gasteiger partial charge in [-0.05, 0) is 33.6 Å². The Morgan fingerprint density at radius 1 is 0.857 bits per heavy atom. The molecule has 24 radical (unpaired) electrons. The summed E-state index contributed by atoms with van der Waals surface area (Å²) in [6, 6.07) is -2.75. The van der Waals surface area contributed by atoms with Crippen molar-refractivity contribution in [2.45, 2.75) is 78.1 Å². The van der Waals surface area contributed by atoms with Crippen LogP contribution >= 0.6 is 0 Å². The molecule has 2 aliphatic heterocycles. The van der Waals surface area contributed by atoms with Crippen molar-refractivity contribution in [3.05, 3.63) is 11.1 Å². The Bertz CT molecular complexity index is 1260. The summed E-state index contributed by atoms with van der Waals surface area (Å²) in [5, 5.41) is -11.7. The van der Waals surface area contributed by atoms with Crippen LogP contribution < -0.4 is 26.1 Å². The number of esters is 1. The fraction of sp³-hybridized carbons (Fsp3) is 0.708. The normalized spacial score (nSPS) is 29.7. The van der Waals surface area contributed by atoms with E-state index in [-0.39, 0.29) is 51.8 Å². The quantitative estimate of drug-likeness (QED) is 0.287. The molecule has 0 amide bonds. The van der Waals surface area contributed by atoms with Crippen LogP contribution in [0.3, 0.4) is 0 Å². The van der Waals surface area contributed by atoms with Gasteiger partial charge in [-0.3, -0.25) is 4.79 Å². The Morgan fingerprint density at radius 3 is 1.76 bits per heavy atom. The lowest BCUT2D eigenvalue weighted by molar-refractivity contribution is -0.173. The Morgan fingerprint density at radius 2 is 1.33 bits per heavy atom. The first-order valence-electron chi connectivity index (χ1n) is 13.4. The van der Waals surface area contributed by atoms with Crippen molar-refractivity contribution in [3.63, 3.8) is 0 Å². The van der Waals surface area contributed by atoms with Gasteiger partial charge in [-0.1, -0.05) is 60.8 Å². The van der Waals surface area contributed by atoms with E-state index in [1.807, 2.05) is 0 Å². The van der Waals surface area contributed by atoms with E-state index < -0.39 is 50.0 Å². The third-order valence-electron chi connectivity index (χ3n) is 8.79. The van der Waals surface area contributed by atoms with Gasteiger partial charge in [0.25, 0.3) is 0 Å². The molecule has 1 fully saturated rings. The van der Waals surface area contributed by atoms with Crippen LogP contribution in [-0.2, 0) is 14.7 Å². The van der Waals surface area contributed by atoms with Gasteiger partial charge in [0.1, 0.15) is 29.6 Å². The molecule has 0 bridgehead atoms. The molecule has 1 saturated heterocycles. The lowest BCUT2D eigenvalue weighted by atomic mass is 9.16. The van der Waals surface area contributed by atoms with Gasteiger partial charge in [-0.15, -0.1) is 0 Å². The predicted molar refractivity (Wildman–Crippen MR) is 176 cm³/mol. The van der Waals surface area contributed by atoms with Crippen LogP contribution in [0.1, 0.15) is 51.3 Å². The Balaban J connectivity index is 2.59. The zero-order chi connectivity index (χ0) is 32.8. The molecule has 3 unspecified atom stereocenters. The molecule has 2 heterocycles. The number of hydrogen-bond acceptors (Lipinski definition) is 6. The van der Waals surface area contributed by atoms with Crippen LogP contribution in [0, 0.1) is 11.8 Å². The summed E-state index contributed by atoms with van der Waals surface area (Å²) in [6.07, 6.45) is -0.116. The van der Waals surface area contributed by atoms with E-state index in [1.54, 1.807) is 27.7 Å². The third-order valence-corrected chi connectivity index (χ3v) is 8.79. The van der Waals surface area contributed by atoms with E-state index in [1.165, 1.54) is 14.2 Å². The number of hydrogen-bond donors (Lipinski definition) is 1. The number of piperidine rings is 1. The molecule has 1 aromatic rings. The monoisotopic (exact) mass is 538 g/mol. The zero-order valence-electron chi connectivity index (χ0n) is 25.1. The first-order valence-corrected chi connectivity index (χ1v) is 13.4. The minimum absolute atomic E-state index is 0.0261. The van der Waals surface area contributed by atoms with Crippen molar-refractivity contribution in [1.29, 1.82) is 0 Å². The average molecular weight is 536 g/mol. The van der Waals surface area contributed by atoms with E-state index in [2.05, 4.69) is 0 Å². The summed E-state index contributed by atoms with van der Waals surface area (Å²) >= 11 is 0. The maximum Gasteiger partial charge on any atom is 0.322 e. The standard InChI is InChI=1S/C24H26B12N2O4/c1-8(2)7-19(27)22(32,42-18(39)14(37)9(3)4)21(30,31)17-10-11(13(26)16(41-6)15(40-5)12(10)25)20(28,29)24(35,36)38(17)23(19,33)34/h8-9,14,17H,7,37H2,1-6H3/t14-,17?,19?,22?/m0/s1. The highest BCUT2D eigenvalue weighted by molar-refractivity contribution is 6.59. The average Bonchev–Trinajstić information content (AvgIpc) is 2.84. The molecule has 2 aliphatic rings. The van der Waals surface area contributed by atoms with Crippen LogP contribution in [0.15, 0.2) is 0 Å². The first-order chi connectivity index (χ1) is 18.9. The minimum Gasteiger partial charge on any atom is -0.494 e. The topological polar surface area (TPSA) is 74.0 Å². The summed E-state index contributed by atoms with van der Waals surface area (Å²) < 4.78 is 16.9. The fourth-order valence-corrected chi connectivity index (χ4v) is 6.35. The number of nitrogens with two attached hydrogens (primary N) is 1. The highest BCUT2D eigenvalue weighted by Gasteiger charge is 2.72. The summed E-state index contributed by atoms with van der Waals surface area (Å²) in [4.78, 5) is 14.5. The predicted octanol–water partition coefficient (Wildman–Crippen LogP) is -3.65. The number of nitrogens with zero attached hydrogens (tertiary/aromatic N) is 1. The van der Waals surface area contributed by atoms with Crippen molar-refractivity contribution in [1.82, 2.24) is 4.90 Å². The highest BCUT2D eigenvalue weighted by Crippen LogP contribution is 2.71. The number of methoxy groups -OCH3 is 2. The second kappa shape index (κ2) is 10.8. The Hall–Kier alpha value is -1.01. The van der Waals surface area contributed by atoms with Crippen LogP contribution in [0.4, 0.5) is 0 Å². The molecule has 18 heteroatoms. The molecule has 0 aromatic heterocycles. The van der Waals surface area contributed by atoms with Crippen molar-refractivity contribution >= 4 is 111 Å². The number of fused-ring (bicyclic) bond motifs is 3. The van der Waals surface area contributed by atoms with Gasteiger partial charge < -0.3 is 24.8 Å². The molecule has 2 N–H and O–H groups in total. The molecule has 42 heavy (non-hydrogen) atoms. The number of carbonyl (C=O) groups excluding carboxylic acids is 1. The number of rotatable bonds is 7. The van der Waals surface area contributed by atoms with Crippen molar-refractivity contribution in [2.75, 3.05) is 14.2 Å². The molecule has 192 valence electrons. The van der Waals surface area contributed by atoms with E-state index in [9.17, 15) is 4.79 Å². The molecule has 1 aromatic carbocycles. The molecule has 3 rings (SSSR count). The van der Waals surface area contributed by atoms with Crippen LogP contribution in [0.2, 0.25) is 10.5 Å². The molecule has 4 atom stereocenters. The molecule has 0 aliphatic carbocycles. The Kier molecular flexibility index (Phi) is 9.13. The smallest absolute Gasteiger partial charge is 0.322 e. The zero-order valence-corrected chi connectivity index (χ0v) is 25.1. The van der Waals surface area contributed by atoms with E-state index >= 15 is 0 Å². The maximum absolute atomic E-state index is 13.4. The van der Waals surface area contributed by atoms with E-state index in [0.29, 0.717) is 0 Å². The van der Waals surface area contributed by atoms with Gasteiger partial charge in [0.2, 0.25) is 0 Å². The van der Waals surface area contributed by atoms with Gasteiger partial charge in [0.05, 0.1) is 90.3 Å². The van der Waals surface area contributed by atoms with Crippen molar-refractivity contribution < 1.29 is 19.0 Å². The van der Waals surface area contributed by atoms with Gasteiger partial charge in [0.15, 0.2) is 11.5 Å². The van der Waals surface area contributed by atoms with E-state index in [4.69, 9.17) is 114 Å². The summed E-state index contributed by atoms with van der Waals surface area (Å²) in [6.45, 7) is 7.00. The van der Waals surface area contributed by atoms with Gasteiger partial charge >= 0.3 is 5.97 Å². The van der Waals surface area contributed by atoms with Gasteiger partial charge in [-0.25, -0.2) is 0 Å². The van der Waals surface area contributed by atoms with Crippen LogP contribution in [-0.4, -0.2) is 141 Å². The Labute approximate surface area is 266 Å². The second-order valence-electron chi connectivity index (χ2n) is 12.4. The van der Waals surface area contributed by atoms with Crippen LogP contribution in [0.5, 0.6) is 11.5 Å². The summed E-state index contributed by atoms with van der Waals surface area (Å²) in [7, 11) is 84.3. The SMILES string of the molecule is [B]c1c(OC)c(OC)c([B])c2c1C1N(C([B])([B])C2([B])[B])C([B])([B])C([B])(CC(C)C)C([B])(OC(=O)[C@@H](N)C(C)C)C1([B])[B]. The maximum atomic E-state index is 13.4. The van der Waals surface area contributed by atoms with Gasteiger partial charge in [0, 0.05) is 6.04 Å². The first kappa shape index (κ1) is 35.5. The molecule has 0 spiro atoms. The summed E-state index contributed by atoms with van der Waals surface area (Å²) in [5.74, 6) is -1.68. The minimum atomic E-state index is -2.57. The lowest BCUT2D eigenvalue weighted by Crippen LogP contribution is -2.85. The third kappa shape index (κ3) is 4.41. The second-order valence-corrected chi connectivity index (χ2v) is 12.4. The van der Waals surface area contributed by atoms with Crippen molar-refractivity contribution in [3.8, 4) is 11.5 Å². The number of benzene rings is 1. The fourth-order valence-electron chi connectivity index (χ4n) is 6.35. The van der Waals surface area contributed by atoms with Crippen molar-refractivity contribution in [2.24, 2.45) is 17.6 Å². The lowest BCUT2D eigenvalue weighted by Gasteiger charge is -2.80. The van der Waals surface area contributed by atoms with Gasteiger partial charge in [-0.2, -0.15) is 0 Å². The van der Waals surface area contributed by atoms with Crippen LogP contribution in [0.25, 0.3) is 0 Å². The largest absolute Gasteiger partial charge is 0.494 e. The molecular weight excluding hydrogens is 510 g/mol. The highest BCUT2D eigenvalue weighted by atomic mass is 16.6. The molecule has 0 saturated carbocycles. The molecular formula is C24H26B12N2O4. The number of carbonyl (C=O) groups is 1. The summed E-state index contributed by atoms with van der Waals surface area (Å²) in [5.41, 5.74) is 3.11.